The molecular formula is C7H12N2. The van der Waals surface area contributed by atoms with Crippen LogP contribution in [0.25, 0.3) is 0 Å². The van der Waals surface area contributed by atoms with Crippen molar-refractivity contribution < 1.29 is 0 Å². The summed E-state index contributed by atoms with van der Waals surface area (Å²) >= 11 is 0. The van der Waals surface area contributed by atoms with Gasteiger partial charge >= 0.3 is 0 Å². The molecule has 1 unspecified atom stereocenters. The molecular weight excluding hydrogens is 112 g/mol. The van der Waals surface area contributed by atoms with Crippen LogP contribution in [0.2, 0.25) is 0 Å². The second kappa shape index (κ2) is 2.21. The SMILES string of the molecule is C=CC1CCN(C)C1=N. The van der Waals surface area contributed by atoms with Crippen LogP contribution < -0.4 is 0 Å². The summed E-state index contributed by atoms with van der Waals surface area (Å²) in [5, 5.41) is 7.47. The van der Waals surface area contributed by atoms with E-state index in [9.17, 15) is 0 Å². The molecule has 0 radical (unpaired) electrons. The lowest BCUT2D eigenvalue weighted by Crippen LogP contribution is -2.20. The molecule has 1 fully saturated rings. The fourth-order valence-corrected chi connectivity index (χ4v) is 1.10. The van der Waals surface area contributed by atoms with Crippen LogP contribution in [0.4, 0.5) is 0 Å². The third-order valence-corrected chi connectivity index (χ3v) is 1.82. The molecule has 1 N–H and O–H groups in total. The Bertz CT molecular complexity index is 140. The number of nitrogens with zero attached hydrogens (tertiary/aromatic N) is 1. The predicted octanol–water partition coefficient (Wildman–Crippen LogP) is 1.10. The van der Waals surface area contributed by atoms with E-state index in [0.717, 1.165) is 13.0 Å². The Kier molecular flexibility index (Phi) is 1.56. The number of rotatable bonds is 1. The third-order valence-electron chi connectivity index (χ3n) is 1.82. The Hall–Kier alpha value is -0.790. The summed E-state index contributed by atoms with van der Waals surface area (Å²) in [4.78, 5) is 1.96. The van der Waals surface area contributed by atoms with E-state index in [-0.39, 0.29) is 0 Å². The van der Waals surface area contributed by atoms with Gasteiger partial charge in [0.05, 0.1) is 0 Å². The molecule has 1 atom stereocenters. The standard InChI is InChI=1S/C7H12N2/c1-3-6-4-5-9(2)7(6)8/h3,6,8H,1,4-5H2,2H3. The van der Waals surface area contributed by atoms with Crippen molar-refractivity contribution in [3.8, 4) is 0 Å². The lowest BCUT2D eigenvalue weighted by atomic mass is 10.1. The maximum absolute atomic E-state index is 7.47. The molecule has 9 heavy (non-hydrogen) atoms. The lowest BCUT2D eigenvalue weighted by molar-refractivity contribution is 0.546. The van der Waals surface area contributed by atoms with Gasteiger partial charge in [-0.25, -0.2) is 0 Å². The molecule has 0 bridgehead atoms. The van der Waals surface area contributed by atoms with Gasteiger partial charge < -0.3 is 4.90 Å². The van der Waals surface area contributed by atoms with Crippen LogP contribution in [0.3, 0.4) is 0 Å². The molecule has 50 valence electrons. The van der Waals surface area contributed by atoms with E-state index in [1.165, 1.54) is 0 Å². The van der Waals surface area contributed by atoms with Crippen molar-refractivity contribution in [1.82, 2.24) is 4.90 Å². The number of likely N-dealkylation sites (tertiary alicyclic amines) is 1. The van der Waals surface area contributed by atoms with Gasteiger partial charge in [0.1, 0.15) is 5.84 Å². The van der Waals surface area contributed by atoms with Crippen molar-refractivity contribution in [3.63, 3.8) is 0 Å². The Morgan fingerprint density at radius 3 is 2.78 bits per heavy atom. The zero-order chi connectivity index (χ0) is 6.85. The Morgan fingerprint density at radius 2 is 2.56 bits per heavy atom. The molecule has 1 saturated heterocycles. The van der Waals surface area contributed by atoms with Crippen LogP contribution in [-0.4, -0.2) is 24.3 Å². The van der Waals surface area contributed by atoms with Crippen molar-refractivity contribution in [2.24, 2.45) is 5.92 Å². The zero-order valence-electron chi connectivity index (χ0n) is 5.72. The number of hydrogen-bond donors (Lipinski definition) is 1. The highest BCUT2D eigenvalue weighted by molar-refractivity contribution is 5.84. The minimum atomic E-state index is 0.315. The first-order chi connectivity index (χ1) is 4.25. The predicted molar refractivity (Wildman–Crippen MR) is 38.7 cm³/mol. The fourth-order valence-electron chi connectivity index (χ4n) is 1.10. The van der Waals surface area contributed by atoms with Crippen LogP contribution in [0.15, 0.2) is 12.7 Å². The van der Waals surface area contributed by atoms with Crippen molar-refractivity contribution >= 4 is 5.84 Å². The van der Waals surface area contributed by atoms with Gasteiger partial charge in [0.25, 0.3) is 0 Å². The number of amidine groups is 1. The summed E-state index contributed by atoms with van der Waals surface area (Å²) in [5.74, 6) is 1.03. The van der Waals surface area contributed by atoms with Gasteiger partial charge in [-0.3, -0.25) is 5.41 Å². The van der Waals surface area contributed by atoms with Gasteiger partial charge in [-0.15, -0.1) is 6.58 Å². The minimum Gasteiger partial charge on any atom is -0.363 e. The molecule has 0 amide bonds. The maximum Gasteiger partial charge on any atom is 0.103 e. The van der Waals surface area contributed by atoms with Gasteiger partial charge in [0.15, 0.2) is 0 Å². The van der Waals surface area contributed by atoms with Crippen molar-refractivity contribution in [2.45, 2.75) is 6.42 Å². The lowest BCUT2D eigenvalue weighted by Gasteiger charge is -2.09. The van der Waals surface area contributed by atoms with E-state index in [0.29, 0.717) is 11.8 Å². The van der Waals surface area contributed by atoms with Crippen molar-refractivity contribution in [2.75, 3.05) is 13.6 Å². The molecule has 0 aromatic rings. The largest absolute Gasteiger partial charge is 0.363 e. The smallest absolute Gasteiger partial charge is 0.103 e. The van der Waals surface area contributed by atoms with Gasteiger partial charge in [-0.05, 0) is 6.42 Å². The average Bonchev–Trinajstić information content (AvgIpc) is 2.15. The molecule has 1 rings (SSSR count). The van der Waals surface area contributed by atoms with Gasteiger partial charge in [0, 0.05) is 19.5 Å². The Morgan fingerprint density at radius 1 is 1.89 bits per heavy atom. The molecule has 0 aliphatic carbocycles. The molecule has 0 aromatic heterocycles. The molecule has 0 aromatic carbocycles. The quantitative estimate of drug-likeness (QED) is 0.521. The monoisotopic (exact) mass is 124 g/mol. The van der Waals surface area contributed by atoms with Crippen LogP contribution in [0.5, 0.6) is 0 Å². The normalized spacial score (nSPS) is 27.0. The molecule has 0 saturated carbocycles. The van der Waals surface area contributed by atoms with Gasteiger partial charge in [-0.1, -0.05) is 6.08 Å². The molecule has 2 nitrogen and oxygen atoms in total. The summed E-state index contributed by atoms with van der Waals surface area (Å²) in [5.41, 5.74) is 0. The van der Waals surface area contributed by atoms with Crippen LogP contribution >= 0.6 is 0 Å². The van der Waals surface area contributed by atoms with E-state index in [1.807, 2.05) is 18.0 Å². The summed E-state index contributed by atoms with van der Waals surface area (Å²) in [7, 11) is 1.95. The second-order valence-electron chi connectivity index (χ2n) is 2.44. The van der Waals surface area contributed by atoms with E-state index >= 15 is 0 Å². The highest BCUT2D eigenvalue weighted by Crippen LogP contribution is 2.16. The molecule has 0 spiro atoms. The average molecular weight is 124 g/mol. The molecule has 2 heteroatoms. The number of nitrogens with one attached hydrogen (secondary N) is 1. The molecule has 1 heterocycles. The van der Waals surface area contributed by atoms with Crippen molar-refractivity contribution in [3.05, 3.63) is 12.7 Å². The summed E-state index contributed by atoms with van der Waals surface area (Å²) in [6, 6.07) is 0. The van der Waals surface area contributed by atoms with E-state index < -0.39 is 0 Å². The Balaban J connectivity index is 2.61. The maximum atomic E-state index is 7.47. The first-order valence-corrected chi connectivity index (χ1v) is 3.18. The Labute approximate surface area is 55.7 Å². The van der Waals surface area contributed by atoms with Gasteiger partial charge in [0.2, 0.25) is 0 Å². The third kappa shape index (κ3) is 0.969. The second-order valence-corrected chi connectivity index (χ2v) is 2.44. The van der Waals surface area contributed by atoms with Crippen LogP contribution in [0.1, 0.15) is 6.42 Å². The topological polar surface area (TPSA) is 27.1 Å². The summed E-state index contributed by atoms with van der Waals surface area (Å²) < 4.78 is 0. The van der Waals surface area contributed by atoms with E-state index in [2.05, 4.69) is 6.58 Å². The molecule has 1 aliphatic rings. The van der Waals surface area contributed by atoms with Crippen LogP contribution in [0, 0.1) is 11.3 Å². The first kappa shape index (κ1) is 6.33. The first-order valence-electron chi connectivity index (χ1n) is 3.18. The van der Waals surface area contributed by atoms with E-state index in [4.69, 9.17) is 5.41 Å². The minimum absolute atomic E-state index is 0.315. The van der Waals surface area contributed by atoms with Crippen molar-refractivity contribution in [1.29, 1.82) is 5.41 Å². The highest BCUT2D eigenvalue weighted by Gasteiger charge is 2.21. The highest BCUT2D eigenvalue weighted by atomic mass is 15.2. The van der Waals surface area contributed by atoms with Gasteiger partial charge in [-0.2, -0.15) is 0 Å². The van der Waals surface area contributed by atoms with Crippen LogP contribution in [-0.2, 0) is 0 Å². The fraction of sp³-hybridized carbons (Fsp3) is 0.571. The summed E-state index contributed by atoms with van der Waals surface area (Å²) in [6.07, 6.45) is 2.92. The molecule has 1 aliphatic heterocycles. The van der Waals surface area contributed by atoms with E-state index in [1.54, 1.807) is 0 Å². The number of hydrogen-bond acceptors (Lipinski definition) is 1. The summed E-state index contributed by atoms with van der Waals surface area (Å²) in [6.45, 7) is 4.67. The zero-order valence-corrected chi connectivity index (χ0v) is 5.72.